The van der Waals surface area contributed by atoms with Crippen molar-refractivity contribution in [3.63, 3.8) is 0 Å². The summed E-state index contributed by atoms with van der Waals surface area (Å²) in [6.45, 7) is 6.85. The van der Waals surface area contributed by atoms with Crippen LogP contribution < -0.4 is 14.8 Å². The summed E-state index contributed by atoms with van der Waals surface area (Å²) in [7, 11) is 0. The second-order valence-corrected chi connectivity index (χ2v) is 5.74. The smallest absolute Gasteiger partial charge is 0.266 e. The van der Waals surface area contributed by atoms with Crippen LogP contribution in [0.5, 0.6) is 11.5 Å². The van der Waals surface area contributed by atoms with Crippen molar-refractivity contribution in [2.24, 2.45) is 0 Å². The SMILES string of the molecule is CCOc1ccc(/C=C(\C#N)C(=O)Nc2ccc(CC)cc2)c(OCC)c1. The van der Waals surface area contributed by atoms with Gasteiger partial charge in [0.15, 0.2) is 0 Å². The first-order chi connectivity index (χ1) is 13.1. The number of ether oxygens (including phenoxy) is 2. The summed E-state index contributed by atoms with van der Waals surface area (Å²) in [6, 6.07) is 14.8. The fourth-order valence-electron chi connectivity index (χ4n) is 2.50. The van der Waals surface area contributed by atoms with E-state index < -0.39 is 5.91 Å². The zero-order valence-corrected chi connectivity index (χ0v) is 15.9. The molecule has 1 amide bonds. The highest BCUT2D eigenvalue weighted by atomic mass is 16.5. The van der Waals surface area contributed by atoms with Crippen molar-refractivity contribution in [1.29, 1.82) is 5.26 Å². The molecule has 0 fully saturated rings. The highest BCUT2D eigenvalue weighted by Crippen LogP contribution is 2.27. The van der Waals surface area contributed by atoms with E-state index in [1.165, 1.54) is 11.6 Å². The molecule has 0 aliphatic heterocycles. The number of carbonyl (C=O) groups excluding carboxylic acids is 1. The molecule has 5 heteroatoms. The van der Waals surface area contributed by atoms with Crippen molar-refractivity contribution in [3.05, 3.63) is 59.2 Å². The second-order valence-electron chi connectivity index (χ2n) is 5.74. The largest absolute Gasteiger partial charge is 0.494 e. The van der Waals surface area contributed by atoms with Crippen LogP contribution in [0.4, 0.5) is 5.69 Å². The zero-order valence-electron chi connectivity index (χ0n) is 15.9. The van der Waals surface area contributed by atoms with Crippen molar-refractivity contribution < 1.29 is 14.3 Å². The predicted molar refractivity (Wildman–Crippen MR) is 107 cm³/mol. The number of carbonyl (C=O) groups is 1. The number of nitrogens with one attached hydrogen (secondary N) is 1. The van der Waals surface area contributed by atoms with Crippen molar-refractivity contribution in [1.82, 2.24) is 0 Å². The third-order valence-corrected chi connectivity index (χ3v) is 3.88. The van der Waals surface area contributed by atoms with Gasteiger partial charge in [-0.2, -0.15) is 5.26 Å². The highest BCUT2D eigenvalue weighted by Gasteiger charge is 2.12. The van der Waals surface area contributed by atoms with Gasteiger partial charge in [-0.25, -0.2) is 0 Å². The Morgan fingerprint density at radius 2 is 1.78 bits per heavy atom. The Balaban J connectivity index is 2.25. The maximum atomic E-state index is 12.5. The number of rotatable bonds is 8. The predicted octanol–water partition coefficient (Wildman–Crippen LogP) is 4.59. The molecule has 2 aromatic rings. The van der Waals surface area contributed by atoms with E-state index in [1.54, 1.807) is 18.2 Å². The van der Waals surface area contributed by atoms with Gasteiger partial charge in [0.1, 0.15) is 23.1 Å². The van der Waals surface area contributed by atoms with E-state index in [9.17, 15) is 10.1 Å². The standard InChI is InChI=1S/C22H24N2O3/c1-4-16-7-10-19(11-8-16)24-22(25)18(15-23)13-17-9-12-20(26-5-2)14-21(17)27-6-3/h7-14H,4-6H2,1-3H3,(H,24,25)/b18-13+. The van der Waals surface area contributed by atoms with E-state index in [-0.39, 0.29) is 5.57 Å². The molecule has 2 rings (SSSR count). The summed E-state index contributed by atoms with van der Waals surface area (Å²) in [4.78, 5) is 12.5. The van der Waals surface area contributed by atoms with Crippen LogP contribution in [0.25, 0.3) is 6.08 Å². The van der Waals surface area contributed by atoms with Gasteiger partial charge in [0.2, 0.25) is 0 Å². The van der Waals surface area contributed by atoms with Crippen LogP contribution in [0.3, 0.4) is 0 Å². The minimum absolute atomic E-state index is 0.000295. The summed E-state index contributed by atoms with van der Waals surface area (Å²) in [5, 5.41) is 12.2. The summed E-state index contributed by atoms with van der Waals surface area (Å²) in [5.74, 6) is 0.784. The van der Waals surface area contributed by atoms with Crippen LogP contribution >= 0.6 is 0 Å². The van der Waals surface area contributed by atoms with Gasteiger partial charge in [-0.3, -0.25) is 4.79 Å². The molecule has 0 radical (unpaired) electrons. The topological polar surface area (TPSA) is 71.3 Å². The van der Waals surface area contributed by atoms with Crippen LogP contribution in [0.1, 0.15) is 31.9 Å². The molecular formula is C22H24N2O3. The zero-order chi connectivity index (χ0) is 19.6. The maximum Gasteiger partial charge on any atom is 0.266 e. The van der Waals surface area contributed by atoms with Crippen LogP contribution in [0, 0.1) is 11.3 Å². The second kappa shape index (κ2) is 10.0. The number of benzene rings is 2. The molecule has 140 valence electrons. The van der Waals surface area contributed by atoms with Crippen molar-refractivity contribution in [3.8, 4) is 17.6 Å². The molecule has 0 aliphatic carbocycles. The minimum Gasteiger partial charge on any atom is -0.494 e. The molecule has 0 aliphatic rings. The van der Waals surface area contributed by atoms with Crippen molar-refractivity contribution >= 4 is 17.7 Å². The lowest BCUT2D eigenvalue weighted by molar-refractivity contribution is -0.112. The fourth-order valence-corrected chi connectivity index (χ4v) is 2.50. The summed E-state index contributed by atoms with van der Waals surface area (Å²) in [6.07, 6.45) is 2.45. The van der Waals surface area contributed by atoms with E-state index in [0.29, 0.717) is 36.0 Å². The molecule has 5 nitrogen and oxygen atoms in total. The van der Waals surface area contributed by atoms with E-state index >= 15 is 0 Å². The third kappa shape index (κ3) is 5.61. The number of amides is 1. The van der Waals surface area contributed by atoms with Gasteiger partial charge in [0.25, 0.3) is 5.91 Å². The molecule has 0 unspecified atom stereocenters. The summed E-state index contributed by atoms with van der Waals surface area (Å²) < 4.78 is 11.1. The van der Waals surface area contributed by atoms with E-state index in [2.05, 4.69) is 12.2 Å². The molecule has 0 spiro atoms. The van der Waals surface area contributed by atoms with Crippen molar-refractivity contribution in [2.75, 3.05) is 18.5 Å². The van der Waals surface area contributed by atoms with E-state index in [0.717, 1.165) is 6.42 Å². The van der Waals surface area contributed by atoms with E-state index in [1.807, 2.05) is 44.2 Å². The van der Waals surface area contributed by atoms with Gasteiger partial charge in [0.05, 0.1) is 13.2 Å². The molecule has 0 saturated heterocycles. The molecule has 2 aromatic carbocycles. The van der Waals surface area contributed by atoms with Crippen LogP contribution in [-0.4, -0.2) is 19.1 Å². The number of hydrogen-bond donors (Lipinski definition) is 1. The molecule has 0 heterocycles. The first-order valence-electron chi connectivity index (χ1n) is 9.02. The number of aryl methyl sites for hydroxylation is 1. The monoisotopic (exact) mass is 364 g/mol. The first-order valence-corrected chi connectivity index (χ1v) is 9.02. The van der Waals surface area contributed by atoms with Crippen LogP contribution in [-0.2, 0) is 11.2 Å². The lowest BCUT2D eigenvalue weighted by Gasteiger charge is -2.11. The first kappa shape index (κ1) is 20.1. The molecule has 1 N–H and O–H groups in total. The highest BCUT2D eigenvalue weighted by molar-refractivity contribution is 6.09. The molecule has 0 atom stereocenters. The van der Waals surface area contributed by atoms with Gasteiger partial charge < -0.3 is 14.8 Å². The Morgan fingerprint density at radius 3 is 2.37 bits per heavy atom. The number of nitrogens with zero attached hydrogens (tertiary/aromatic N) is 1. The van der Waals surface area contributed by atoms with Crippen LogP contribution in [0.15, 0.2) is 48.0 Å². The molecular weight excluding hydrogens is 340 g/mol. The van der Waals surface area contributed by atoms with Gasteiger partial charge >= 0.3 is 0 Å². The summed E-state index contributed by atoms with van der Waals surface area (Å²) in [5.41, 5.74) is 2.47. The number of hydrogen-bond acceptors (Lipinski definition) is 4. The quantitative estimate of drug-likeness (QED) is 0.549. The Labute approximate surface area is 160 Å². The normalized spacial score (nSPS) is 10.8. The Hall–Kier alpha value is -3.26. The van der Waals surface area contributed by atoms with Gasteiger partial charge in [-0.1, -0.05) is 19.1 Å². The lowest BCUT2D eigenvalue weighted by atomic mass is 10.1. The number of nitriles is 1. The maximum absolute atomic E-state index is 12.5. The Morgan fingerprint density at radius 1 is 1.07 bits per heavy atom. The average molecular weight is 364 g/mol. The summed E-state index contributed by atoms with van der Waals surface area (Å²) >= 11 is 0. The molecule has 27 heavy (non-hydrogen) atoms. The van der Waals surface area contributed by atoms with E-state index in [4.69, 9.17) is 9.47 Å². The molecule has 0 saturated carbocycles. The lowest BCUT2D eigenvalue weighted by Crippen LogP contribution is -2.13. The average Bonchev–Trinajstić information content (AvgIpc) is 2.68. The molecule has 0 aromatic heterocycles. The fraction of sp³-hybridized carbons (Fsp3) is 0.273. The van der Waals surface area contributed by atoms with Gasteiger partial charge in [-0.05, 0) is 56.2 Å². The van der Waals surface area contributed by atoms with Gasteiger partial charge in [0, 0.05) is 17.3 Å². The van der Waals surface area contributed by atoms with Gasteiger partial charge in [-0.15, -0.1) is 0 Å². The Kier molecular flexibility index (Phi) is 7.45. The Bertz CT molecular complexity index is 849. The van der Waals surface area contributed by atoms with Crippen LogP contribution in [0.2, 0.25) is 0 Å². The minimum atomic E-state index is -0.460. The molecule has 0 bridgehead atoms. The van der Waals surface area contributed by atoms with Crippen molar-refractivity contribution in [2.45, 2.75) is 27.2 Å². The third-order valence-electron chi connectivity index (χ3n) is 3.88. The number of anilines is 1.